The second-order valence-corrected chi connectivity index (χ2v) is 7.70. The van der Waals surface area contributed by atoms with Crippen LogP contribution < -0.4 is 4.74 Å². The molecule has 29 heavy (non-hydrogen) atoms. The number of ether oxygens (including phenoxy) is 1. The first-order chi connectivity index (χ1) is 12.8. The van der Waals surface area contributed by atoms with E-state index in [4.69, 9.17) is 0 Å². The molecule has 1 aromatic rings. The molecule has 0 aromatic heterocycles. The van der Waals surface area contributed by atoms with Crippen LogP contribution in [0.3, 0.4) is 0 Å². The van der Waals surface area contributed by atoms with E-state index >= 15 is 0 Å². The van der Waals surface area contributed by atoms with Crippen LogP contribution in [-0.4, -0.2) is 39.9 Å². The quantitative estimate of drug-likeness (QED) is 0.589. The van der Waals surface area contributed by atoms with Gasteiger partial charge in [-0.2, -0.15) is 44.6 Å². The Morgan fingerprint density at radius 1 is 0.793 bits per heavy atom. The van der Waals surface area contributed by atoms with Crippen molar-refractivity contribution in [2.45, 2.75) is 68.8 Å². The smallest absolute Gasteiger partial charge is 0.447 e. The molecular formula is C17H18F9NO2. The number of hydrogen-bond acceptors (Lipinski definition) is 3. The third-order valence-electron chi connectivity index (χ3n) is 5.21. The van der Waals surface area contributed by atoms with Gasteiger partial charge in [0.25, 0.3) is 0 Å². The molecule has 1 heterocycles. The molecule has 1 fully saturated rings. The van der Waals surface area contributed by atoms with E-state index in [1.165, 1.54) is 0 Å². The standard InChI is InChI=1S/C17H18F9NO2/c1-12(2)8-9-13(3,27(12)28)10-4-6-11(7-5-10)29-14(15(18,19)20,16(21,22)23)17(24,25)26/h4-7,28H,8-9H2,1-3H3. The number of benzene rings is 1. The van der Waals surface area contributed by atoms with Gasteiger partial charge in [0.15, 0.2) is 0 Å². The number of hydroxylamine groups is 2. The normalized spacial score (nSPS) is 24.0. The van der Waals surface area contributed by atoms with Crippen molar-refractivity contribution in [2.75, 3.05) is 0 Å². The molecular weight excluding hydrogens is 421 g/mol. The van der Waals surface area contributed by atoms with Gasteiger partial charge in [-0.25, -0.2) is 0 Å². The van der Waals surface area contributed by atoms with Gasteiger partial charge in [0.05, 0.1) is 5.54 Å². The van der Waals surface area contributed by atoms with Crippen molar-refractivity contribution in [2.24, 2.45) is 0 Å². The Labute approximate surface area is 160 Å². The molecule has 1 aliphatic rings. The molecule has 1 unspecified atom stereocenters. The van der Waals surface area contributed by atoms with Crippen molar-refractivity contribution in [3.05, 3.63) is 29.8 Å². The fraction of sp³-hybridized carbons (Fsp3) is 0.647. The largest absolute Gasteiger partial charge is 0.462 e. The second-order valence-electron chi connectivity index (χ2n) is 7.70. The highest BCUT2D eigenvalue weighted by Gasteiger charge is 2.87. The highest BCUT2D eigenvalue weighted by molar-refractivity contribution is 5.34. The van der Waals surface area contributed by atoms with Crippen LogP contribution in [0.2, 0.25) is 0 Å². The molecule has 1 aliphatic heterocycles. The lowest BCUT2D eigenvalue weighted by molar-refractivity contribution is -0.436. The van der Waals surface area contributed by atoms with Crippen LogP contribution in [0.1, 0.15) is 39.2 Å². The van der Waals surface area contributed by atoms with Crippen LogP contribution in [0.25, 0.3) is 0 Å². The summed E-state index contributed by atoms with van der Waals surface area (Å²) in [5.74, 6) is -1.27. The molecule has 0 amide bonds. The van der Waals surface area contributed by atoms with Crippen molar-refractivity contribution < 1.29 is 49.5 Å². The van der Waals surface area contributed by atoms with E-state index in [1.807, 2.05) is 0 Å². The van der Waals surface area contributed by atoms with Gasteiger partial charge in [0.1, 0.15) is 5.75 Å². The van der Waals surface area contributed by atoms with Gasteiger partial charge in [-0.15, -0.1) is 0 Å². The fourth-order valence-electron chi connectivity index (χ4n) is 3.41. The lowest BCUT2D eigenvalue weighted by Gasteiger charge is -2.39. The van der Waals surface area contributed by atoms with E-state index in [1.54, 1.807) is 20.8 Å². The SMILES string of the molecule is CC1(C)CCC(C)(c2ccc(OC(C(F)(F)F)(C(F)(F)F)C(F)(F)F)cc2)N1O. The summed E-state index contributed by atoms with van der Waals surface area (Å²) in [5.41, 5.74) is -7.77. The van der Waals surface area contributed by atoms with Gasteiger partial charge in [-0.3, -0.25) is 0 Å². The maximum Gasteiger partial charge on any atom is 0.447 e. The number of hydrogen-bond donors (Lipinski definition) is 1. The minimum Gasteiger partial charge on any atom is -0.462 e. The Morgan fingerprint density at radius 3 is 1.52 bits per heavy atom. The Hall–Kier alpha value is -1.69. The van der Waals surface area contributed by atoms with E-state index in [0.29, 0.717) is 25.0 Å². The van der Waals surface area contributed by atoms with E-state index < -0.39 is 41.0 Å². The lowest BCUT2D eigenvalue weighted by Crippen LogP contribution is -2.69. The highest BCUT2D eigenvalue weighted by atomic mass is 19.4. The number of nitrogens with zero attached hydrogens (tertiary/aromatic N) is 1. The summed E-state index contributed by atoms with van der Waals surface area (Å²) in [5, 5.41) is 11.4. The first-order valence-electron chi connectivity index (χ1n) is 8.28. The lowest BCUT2D eigenvalue weighted by atomic mass is 9.90. The average molecular weight is 439 g/mol. The van der Waals surface area contributed by atoms with E-state index in [9.17, 15) is 44.7 Å². The first-order valence-corrected chi connectivity index (χ1v) is 8.28. The van der Waals surface area contributed by atoms with Crippen LogP contribution in [0.5, 0.6) is 5.75 Å². The van der Waals surface area contributed by atoms with Crippen LogP contribution in [0.4, 0.5) is 39.5 Å². The number of alkyl halides is 9. The molecule has 1 aromatic carbocycles. The Balaban J connectivity index is 2.46. The summed E-state index contributed by atoms with van der Waals surface area (Å²) < 4.78 is 120. The first kappa shape index (κ1) is 23.6. The van der Waals surface area contributed by atoms with Gasteiger partial charge in [-0.05, 0) is 51.3 Å². The molecule has 2 rings (SSSR count). The van der Waals surface area contributed by atoms with Crippen LogP contribution in [0.15, 0.2) is 24.3 Å². The zero-order valence-electron chi connectivity index (χ0n) is 15.4. The minimum absolute atomic E-state index is 0.287. The minimum atomic E-state index is -6.81. The number of rotatable bonds is 3. The van der Waals surface area contributed by atoms with E-state index in [2.05, 4.69) is 4.74 Å². The topological polar surface area (TPSA) is 32.7 Å². The Morgan fingerprint density at radius 2 is 1.21 bits per heavy atom. The zero-order chi connectivity index (χ0) is 22.7. The summed E-state index contributed by atoms with van der Waals surface area (Å²) in [4.78, 5) is 0. The summed E-state index contributed by atoms with van der Waals surface area (Å²) in [7, 11) is 0. The third-order valence-corrected chi connectivity index (χ3v) is 5.21. The summed E-state index contributed by atoms with van der Waals surface area (Å²) in [6, 6.07) is 3.21. The maximum atomic E-state index is 13.0. The third kappa shape index (κ3) is 3.65. The van der Waals surface area contributed by atoms with Crippen molar-refractivity contribution >= 4 is 0 Å². The molecule has 1 N–H and O–H groups in total. The molecule has 166 valence electrons. The summed E-state index contributed by atoms with van der Waals surface area (Å²) in [6.45, 7) is 5.03. The Bertz CT molecular complexity index is 701. The Kier molecular flexibility index (Phi) is 5.42. The molecule has 0 aliphatic carbocycles. The van der Waals surface area contributed by atoms with Crippen molar-refractivity contribution in [1.29, 1.82) is 0 Å². The predicted molar refractivity (Wildman–Crippen MR) is 82.3 cm³/mol. The molecule has 3 nitrogen and oxygen atoms in total. The average Bonchev–Trinajstić information content (AvgIpc) is 2.74. The van der Waals surface area contributed by atoms with Crippen LogP contribution >= 0.6 is 0 Å². The molecule has 1 atom stereocenters. The van der Waals surface area contributed by atoms with Gasteiger partial charge in [0, 0.05) is 5.54 Å². The highest BCUT2D eigenvalue weighted by Crippen LogP contribution is 2.55. The van der Waals surface area contributed by atoms with Crippen LogP contribution in [-0.2, 0) is 5.54 Å². The molecule has 0 spiro atoms. The fourth-order valence-corrected chi connectivity index (χ4v) is 3.41. The monoisotopic (exact) mass is 439 g/mol. The molecule has 12 heteroatoms. The van der Waals surface area contributed by atoms with Gasteiger partial charge in [-0.1, -0.05) is 12.1 Å². The number of halogens is 9. The van der Waals surface area contributed by atoms with Crippen LogP contribution in [0, 0.1) is 0 Å². The summed E-state index contributed by atoms with van der Waals surface area (Å²) >= 11 is 0. The predicted octanol–water partition coefficient (Wildman–Crippen LogP) is 5.97. The molecule has 0 radical (unpaired) electrons. The van der Waals surface area contributed by atoms with Crippen molar-refractivity contribution in [1.82, 2.24) is 5.06 Å². The maximum absolute atomic E-state index is 13.0. The van der Waals surface area contributed by atoms with E-state index in [0.717, 1.165) is 17.2 Å². The van der Waals surface area contributed by atoms with Crippen molar-refractivity contribution in [3.8, 4) is 5.75 Å². The van der Waals surface area contributed by atoms with Gasteiger partial charge >= 0.3 is 24.1 Å². The van der Waals surface area contributed by atoms with E-state index in [-0.39, 0.29) is 5.56 Å². The molecule has 0 bridgehead atoms. The zero-order valence-corrected chi connectivity index (χ0v) is 15.4. The van der Waals surface area contributed by atoms with Gasteiger partial charge in [0.2, 0.25) is 0 Å². The molecule has 0 saturated carbocycles. The van der Waals surface area contributed by atoms with Crippen molar-refractivity contribution in [3.63, 3.8) is 0 Å². The second kappa shape index (κ2) is 6.66. The summed E-state index contributed by atoms with van der Waals surface area (Å²) in [6.07, 6.45) is -19.5. The molecule has 1 saturated heterocycles. The van der Waals surface area contributed by atoms with Gasteiger partial charge < -0.3 is 9.94 Å².